The van der Waals surface area contributed by atoms with E-state index < -0.39 is 12.1 Å². The van der Waals surface area contributed by atoms with Crippen molar-refractivity contribution in [1.82, 2.24) is 0 Å². The molecule has 112 valence electrons. The molecule has 0 fully saturated rings. The SMILES string of the molecule is CCCCCCCC(Oc1ccc(Cl)cc1Cl)C(=O)O. The lowest BCUT2D eigenvalue weighted by molar-refractivity contribution is -0.145. The minimum atomic E-state index is -0.966. The summed E-state index contributed by atoms with van der Waals surface area (Å²) in [6.45, 7) is 2.14. The summed E-state index contributed by atoms with van der Waals surface area (Å²) in [5.41, 5.74) is 0. The smallest absolute Gasteiger partial charge is 0.344 e. The topological polar surface area (TPSA) is 46.5 Å². The van der Waals surface area contributed by atoms with Gasteiger partial charge < -0.3 is 9.84 Å². The third-order valence-electron chi connectivity index (χ3n) is 3.01. The lowest BCUT2D eigenvalue weighted by Crippen LogP contribution is -2.27. The maximum Gasteiger partial charge on any atom is 0.344 e. The van der Waals surface area contributed by atoms with Crippen LogP contribution in [0.1, 0.15) is 45.4 Å². The predicted molar refractivity (Wildman–Crippen MR) is 81.9 cm³/mol. The van der Waals surface area contributed by atoms with Gasteiger partial charge in [0.1, 0.15) is 5.75 Å². The van der Waals surface area contributed by atoms with Crippen LogP contribution in [0.25, 0.3) is 0 Å². The van der Waals surface area contributed by atoms with Crippen LogP contribution in [0.15, 0.2) is 18.2 Å². The highest BCUT2D eigenvalue weighted by molar-refractivity contribution is 6.35. The van der Waals surface area contributed by atoms with Crippen molar-refractivity contribution in [3.8, 4) is 5.75 Å². The molecular formula is C15H20Cl2O3. The molecule has 20 heavy (non-hydrogen) atoms. The molecule has 1 atom stereocenters. The zero-order chi connectivity index (χ0) is 15.0. The molecule has 0 heterocycles. The van der Waals surface area contributed by atoms with E-state index in [4.69, 9.17) is 27.9 Å². The van der Waals surface area contributed by atoms with Crippen molar-refractivity contribution in [2.75, 3.05) is 0 Å². The highest BCUT2D eigenvalue weighted by atomic mass is 35.5. The highest BCUT2D eigenvalue weighted by Gasteiger charge is 2.20. The number of carboxylic acids is 1. The summed E-state index contributed by atoms with van der Waals surface area (Å²) in [4.78, 5) is 11.2. The van der Waals surface area contributed by atoms with Crippen LogP contribution in [-0.4, -0.2) is 17.2 Å². The molecule has 1 N–H and O–H groups in total. The summed E-state index contributed by atoms with van der Waals surface area (Å²) in [6, 6.07) is 4.76. The molecule has 0 bridgehead atoms. The number of hydrogen-bond acceptors (Lipinski definition) is 2. The first kappa shape index (κ1) is 17.1. The monoisotopic (exact) mass is 318 g/mol. The van der Waals surface area contributed by atoms with Gasteiger partial charge in [0.2, 0.25) is 0 Å². The van der Waals surface area contributed by atoms with E-state index in [0.29, 0.717) is 22.2 Å². The maximum absolute atomic E-state index is 11.2. The van der Waals surface area contributed by atoms with Gasteiger partial charge in [-0.2, -0.15) is 0 Å². The first-order valence-electron chi connectivity index (χ1n) is 6.89. The second-order valence-corrected chi connectivity index (χ2v) is 5.57. The van der Waals surface area contributed by atoms with Crippen molar-refractivity contribution >= 4 is 29.2 Å². The van der Waals surface area contributed by atoms with Gasteiger partial charge in [0.15, 0.2) is 6.10 Å². The molecule has 1 unspecified atom stereocenters. The zero-order valence-corrected chi connectivity index (χ0v) is 13.1. The molecule has 1 aromatic rings. The zero-order valence-electron chi connectivity index (χ0n) is 11.6. The minimum Gasteiger partial charge on any atom is -0.479 e. The van der Waals surface area contributed by atoms with E-state index in [0.717, 1.165) is 19.3 Å². The molecule has 0 saturated heterocycles. The van der Waals surface area contributed by atoms with E-state index in [1.165, 1.54) is 12.8 Å². The van der Waals surface area contributed by atoms with E-state index in [1.807, 2.05) is 0 Å². The van der Waals surface area contributed by atoms with Crippen molar-refractivity contribution in [3.05, 3.63) is 28.2 Å². The van der Waals surface area contributed by atoms with Crippen LogP contribution < -0.4 is 4.74 Å². The average Bonchev–Trinajstić information content (AvgIpc) is 2.39. The van der Waals surface area contributed by atoms with E-state index in [1.54, 1.807) is 18.2 Å². The summed E-state index contributed by atoms with van der Waals surface area (Å²) in [6.07, 6.45) is 4.95. The lowest BCUT2D eigenvalue weighted by Gasteiger charge is -2.16. The average molecular weight is 319 g/mol. The molecule has 3 nitrogen and oxygen atoms in total. The van der Waals surface area contributed by atoms with Crippen LogP contribution in [0.5, 0.6) is 5.75 Å². The van der Waals surface area contributed by atoms with E-state index in [2.05, 4.69) is 6.92 Å². The number of unbranched alkanes of at least 4 members (excludes halogenated alkanes) is 4. The van der Waals surface area contributed by atoms with Crippen LogP contribution in [0.3, 0.4) is 0 Å². The summed E-state index contributed by atoms with van der Waals surface area (Å²) < 4.78 is 5.48. The Morgan fingerprint density at radius 2 is 1.95 bits per heavy atom. The quantitative estimate of drug-likeness (QED) is 0.637. The molecule has 0 amide bonds. The van der Waals surface area contributed by atoms with Gasteiger partial charge in [-0.05, 0) is 31.0 Å². The summed E-state index contributed by atoms with van der Waals surface area (Å²) >= 11 is 11.8. The Kier molecular flexibility index (Phi) is 7.78. The van der Waals surface area contributed by atoms with Gasteiger partial charge in [-0.1, -0.05) is 55.8 Å². The minimum absolute atomic E-state index is 0.328. The predicted octanol–water partition coefficient (Wildman–Crippen LogP) is 5.19. The third kappa shape index (κ3) is 6.02. The Hall–Kier alpha value is -0.930. The fourth-order valence-electron chi connectivity index (χ4n) is 1.89. The van der Waals surface area contributed by atoms with E-state index >= 15 is 0 Å². The number of aliphatic carboxylic acids is 1. The largest absolute Gasteiger partial charge is 0.479 e. The second-order valence-electron chi connectivity index (χ2n) is 4.72. The Balaban J connectivity index is 2.52. The van der Waals surface area contributed by atoms with Crippen molar-refractivity contribution in [2.45, 2.75) is 51.6 Å². The number of ether oxygens (including phenoxy) is 1. The number of halogens is 2. The fourth-order valence-corrected chi connectivity index (χ4v) is 2.34. The van der Waals surface area contributed by atoms with Crippen LogP contribution in [0, 0.1) is 0 Å². The third-order valence-corrected chi connectivity index (χ3v) is 3.54. The Labute approximate surface area is 129 Å². The molecule has 0 radical (unpaired) electrons. The number of rotatable bonds is 9. The van der Waals surface area contributed by atoms with Crippen molar-refractivity contribution in [1.29, 1.82) is 0 Å². The highest BCUT2D eigenvalue weighted by Crippen LogP contribution is 2.29. The number of carboxylic acid groups (broad SMARTS) is 1. The van der Waals surface area contributed by atoms with Crippen LogP contribution in [0.2, 0.25) is 10.0 Å². The molecule has 0 aliphatic rings. The first-order chi connectivity index (χ1) is 9.54. The molecule has 1 aromatic carbocycles. The molecule has 1 rings (SSSR count). The van der Waals surface area contributed by atoms with Crippen molar-refractivity contribution in [2.24, 2.45) is 0 Å². The molecular weight excluding hydrogens is 299 g/mol. The molecule has 5 heteroatoms. The Morgan fingerprint density at radius 3 is 2.55 bits per heavy atom. The Morgan fingerprint density at radius 1 is 1.25 bits per heavy atom. The van der Waals surface area contributed by atoms with Crippen LogP contribution in [-0.2, 0) is 4.79 Å². The van der Waals surface area contributed by atoms with Crippen molar-refractivity contribution < 1.29 is 14.6 Å². The summed E-state index contributed by atoms with van der Waals surface area (Å²) in [5, 5.41) is 10.0. The van der Waals surface area contributed by atoms with Crippen LogP contribution >= 0.6 is 23.2 Å². The van der Waals surface area contributed by atoms with Gasteiger partial charge in [0, 0.05) is 5.02 Å². The van der Waals surface area contributed by atoms with Crippen LogP contribution in [0.4, 0.5) is 0 Å². The number of hydrogen-bond donors (Lipinski definition) is 1. The maximum atomic E-state index is 11.2. The molecule has 0 spiro atoms. The van der Waals surface area contributed by atoms with E-state index in [9.17, 15) is 9.90 Å². The second kappa shape index (κ2) is 9.09. The van der Waals surface area contributed by atoms with Gasteiger partial charge in [-0.3, -0.25) is 0 Å². The summed E-state index contributed by atoms with van der Waals surface area (Å²) in [7, 11) is 0. The molecule has 0 aliphatic heterocycles. The standard InChI is InChI=1S/C15H20Cl2O3/c1-2-3-4-5-6-7-14(15(18)19)20-13-9-8-11(16)10-12(13)17/h8-10,14H,2-7H2,1H3,(H,18,19). The number of benzene rings is 1. The molecule has 0 saturated carbocycles. The lowest BCUT2D eigenvalue weighted by atomic mass is 10.1. The van der Waals surface area contributed by atoms with Gasteiger partial charge in [0.05, 0.1) is 5.02 Å². The first-order valence-corrected chi connectivity index (χ1v) is 7.64. The van der Waals surface area contributed by atoms with Crippen molar-refractivity contribution in [3.63, 3.8) is 0 Å². The van der Waals surface area contributed by atoms with Gasteiger partial charge in [-0.15, -0.1) is 0 Å². The molecule has 0 aromatic heterocycles. The van der Waals surface area contributed by atoms with Gasteiger partial charge in [-0.25, -0.2) is 4.79 Å². The van der Waals surface area contributed by atoms with Gasteiger partial charge in [0.25, 0.3) is 0 Å². The summed E-state index contributed by atoms with van der Waals surface area (Å²) in [5.74, 6) is -0.608. The normalized spacial score (nSPS) is 12.2. The Bertz CT molecular complexity index is 435. The molecule has 0 aliphatic carbocycles. The number of carbonyl (C=O) groups is 1. The fraction of sp³-hybridized carbons (Fsp3) is 0.533. The van der Waals surface area contributed by atoms with Gasteiger partial charge >= 0.3 is 5.97 Å². The van der Waals surface area contributed by atoms with E-state index in [-0.39, 0.29) is 0 Å².